The molecule has 1 N–H and O–H groups in total. The minimum atomic E-state index is -3.44. The summed E-state index contributed by atoms with van der Waals surface area (Å²) in [5.41, 5.74) is 0.0591. The third-order valence-corrected chi connectivity index (χ3v) is 3.54. The zero-order valence-electron chi connectivity index (χ0n) is 10.9. The van der Waals surface area contributed by atoms with Gasteiger partial charge in [0.15, 0.2) is 15.9 Å². The van der Waals surface area contributed by atoms with Crippen LogP contribution in [0.15, 0.2) is 23.1 Å². The van der Waals surface area contributed by atoms with Crippen LogP contribution in [0.5, 0.6) is 5.75 Å². The molecule has 0 bridgehead atoms. The van der Waals surface area contributed by atoms with E-state index in [9.17, 15) is 18.3 Å². The number of methoxy groups -OCH3 is 1. The number of sulfone groups is 1. The fraction of sp³-hybridized carbons (Fsp3) is 0.417. The van der Waals surface area contributed by atoms with Gasteiger partial charge in [0.25, 0.3) is 0 Å². The number of hydrogen-bond donors (Lipinski definition) is 1. The number of benzene rings is 1. The van der Waals surface area contributed by atoms with Gasteiger partial charge in [-0.2, -0.15) is 0 Å². The van der Waals surface area contributed by atoms with Gasteiger partial charge in [-0.05, 0) is 25.1 Å². The molecule has 0 aliphatic rings. The smallest absolute Gasteiger partial charge is 0.339 e. The second-order valence-corrected chi connectivity index (χ2v) is 5.85. The van der Waals surface area contributed by atoms with E-state index in [4.69, 9.17) is 4.74 Å². The molecule has 0 radical (unpaired) electrons. The first kappa shape index (κ1) is 15.5. The summed E-state index contributed by atoms with van der Waals surface area (Å²) >= 11 is 0. The van der Waals surface area contributed by atoms with E-state index in [0.29, 0.717) is 0 Å². The van der Waals surface area contributed by atoms with E-state index in [1.54, 1.807) is 6.92 Å². The number of aliphatic hydroxyl groups is 1. The summed E-state index contributed by atoms with van der Waals surface area (Å²) in [5.74, 6) is -0.639. The topological polar surface area (TPSA) is 89.9 Å². The molecule has 0 aliphatic carbocycles. The molecule has 0 saturated carbocycles. The Bertz CT molecular complexity index is 564. The molecule has 0 aliphatic heterocycles. The van der Waals surface area contributed by atoms with E-state index in [0.717, 1.165) is 6.26 Å². The van der Waals surface area contributed by atoms with Crippen molar-refractivity contribution in [3.63, 3.8) is 0 Å². The Hall–Kier alpha value is -1.60. The maximum atomic E-state index is 11.5. The van der Waals surface area contributed by atoms with Crippen LogP contribution in [0.2, 0.25) is 0 Å². The van der Waals surface area contributed by atoms with Gasteiger partial charge < -0.3 is 14.6 Å². The molecular weight excluding hydrogens is 272 g/mol. The highest BCUT2D eigenvalue weighted by Gasteiger charge is 2.24. The Morgan fingerprint density at radius 3 is 2.53 bits per heavy atom. The molecule has 0 saturated heterocycles. The third kappa shape index (κ3) is 3.68. The minimum Gasteiger partial charge on any atom is -0.496 e. The number of carbonyl (C=O) groups is 1. The lowest BCUT2D eigenvalue weighted by molar-refractivity contribution is -0.153. The van der Waals surface area contributed by atoms with E-state index in [2.05, 4.69) is 4.74 Å². The third-order valence-electron chi connectivity index (χ3n) is 2.43. The molecular formula is C12H16O6S. The van der Waals surface area contributed by atoms with E-state index in [1.165, 1.54) is 25.3 Å². The van der Waals surface area contributed by atoms with Crippen LogP contribution in [0.3, 0.4) is 0 Å². The molecule has 0 heterocycles. The van der Waals surface area contributed by atoms with E-state index < -0.39 is 21.9 Å². The average molecular weight is 288 g/mol. The predicted octanol–water partition coefficient (Wildman–Crippen LogP) is 0.695. The van der Waals surface area contributed by atoms with Crippen molar-refractivity contribution in [2.24, 2.45) is 0 Å². The van der Waals surface area contributed by atoms with Crippen LogP contribution >= 0.6 is 0 Å². The Labute approximate surface area is 111 Å². The zero-order chi connectivity index (χ0) is 14.6. The number of hydrogen-bond acceptors (Lipinski definition) is 6. The Balaban J connectivity index is 3.27. The SMILES string of the molecule is CCOC(=O)C(O)c1cc(S(C)(=O)=O)ccc1OC. The van der Waals surface area contributed by atoms with Gasteiger partial charge in [-0.25, -0.2) is 13.2 Å². The van der Waals surface area contributed by atoms with Crippen molar-refractivity contribution < 1.29 is 27.8 Å². The van der Waals surface area contributed by atoms with Crippen LogP contribution in [0.25, 0.3) is 0 Å². The summed E-state index contributed by atoms with van der Waals surface area (Å²) in [6.07, 6.45) is -0.549. The molecule has 0 amide bonds. The van der Waals surface area contributed by atoms with Crippen molar-refractivity contribution in [2.45, 2.75) is 17.9 Å². The second kappa shape index (κ2) is 6.03. The summed E-state index contributed by atoms with van der Waals surface area (Å²) in [6.45, 7) is 1.72. The highest BCUT2D eigenvalue weighted by atomic mass is 32.2. The molecule has 1 aromatic carbocycles. The van der Waals surface area contributed by atoms with E-state index in [1.807, 2.05) is 0 Å². The fourth-order valence-electron chi connectivity index (χ4n) is 1.50. The highest BCUT2D eigenvalue weighted by Crippen LogP contribution is 2.28. The molecule has 1 unspecified atom stereocenters. The van der Waals surface area contributed by atoms with Gasteiger partial charge in [0, 0.05) is 11.8 Å². The van der Waals surface area contributed by atoms with E-state index >= 15 is 0 Å². The van der Waals surface area contributed by atoms with Crippen molar-refractivity contribution in [2.75, 3.05) is 20.0 Å². The Morgan fingerprint density at radius 1 is 1.42 bits per heavy atom. The van der Waals surface area contributed by atoms with Crippen LogP contribution in [-0.2, 0) is 19.4 Å². The van der Waals surface area contributed by atoms with Crippen LogP contribution in [0.4, 0.5) is 0 Å². The summed E-state index contributed by atoms with van der Waals surface area (Å²) in [7, 11) is -2.08. The standard InChI is InChI=1S/C12H16O6S/c1-4-18-12(14)11(13)9-7-8(19(3,15)16)5-6-10(9)17-2/h5-7,11,13H,4H2,1-3H3. The van der Waals surface area contributed by atoms with Gasteiger partial charge >= 0.3 is 5.97 Å². The molecule has 19 heavy (non-hydrogen) atoms. The minimum absolute atomic E-state index is 0.00773. The van der Waals surface area contributed by atoms with Crippen LogP contribution < -0.4 is 4.74 Å². The summed E-state index contributed by atoms with van der Waals surface area (Å²) in [4.78, 5) is 11.5. The molecule has 1 atom stereocenters. The van der Waals surface area contributed by atoms with Gasteiger partial charge in [-0.3, -0.25) is 0 Å². The lowest BCUT2D eigenvalue weighted by Gasteiger charge is -2.14. The van der Waals surface area contributed by atoms with Gasteiger partial charge in [-0.1, -0.05) is 0 Å². The van der Waals surface area contributed by atoms with Crippen LogP contribution in [0.1, 0.15) is 18.6 Å². The number of aliphatic hydroxyl groups excluding tert-OH is 1. The fourth-order valence-corrected chi connectivity index (χ4v) is 2.16. The maximum absolute atomic E-state index is 11.5. The largest absolute Gasteiger partial charge is 0.496 e. The molecule has 0 spiro atoms. The first-order chi connectivity index (χ1) is 8.81. The maximum Gasteiger partial charge on any atom is 0.339 e. The molecule has 0 fully saturated rings. The average Bonchev–Trinajstić information content (AvgIpc) is 2.36. The second-order valence-electron chi connectivity index (χ2n) is 3.83. The molecule has 6 nitrogen and oxygen atoms in total. The van der Waals surface area contributed by atoms with Crippen molar-refractivity contribution in [3.8, 4) is 5.75 Å². The molecule has 106 valence electrons. The van der Waals surface area contributed by atoms with Crippen LogP contribution in [0, 0.1) is 0 Å². The quantitative estimate of drug-likeness (QED) is 0.802. The zero-order valence-corrected chi connectivity index (χ0v) is 11.7. The highest BCUT2D eigenvalue weighted by molar-refractivity contribution is 7.90. The molecule has 1 aromatic rings. The molecule has 0 aromatic heterocycles. The Kier molecular flexibility index (Phi) is 4.90. The van der Waals surface area contributed by atoms with Gasteiger partial charge in [0.1, 0.15) is 5.75 Å². The summed E-state index contributed by atoms with van der Waals surface area (Å²) < 4.78 is 32.6. The predicted molar refractivity (Wildman–Crippen MR) is 67.7 cm³/mol. The van der Waals surface area contributed by atoms with Gasteiger partial charge in [0.05, 0.1) is 18.6 Å². The first-order valence-corrected chi connectivity index (χ1v) is 7.43. The number of carbonyl (C=O) groups excluding carboxylic acids is 1. The molecule has 1 rings (SSSR count). The lowest BCUT2D eigenvalue weighted by atomic mass is 10.1. The van der Waals surface area contributed by atoms with Crippen molar-refractivity contribution in [3.05, 3.63) is 23.8 Å². The number of ether oxygens (including phenoxy) is 2. The lowest BCUT2D eigenvalue weighted by Crippen LogP contribution is -2.16. The Morgan fingerprint density at radius 2 is 2.05 bits per heavy atom. The normalized spacial score (nSPS) is 12.8. The number of esters is 1. The first-order valence-electron chi connectivity index (χ1n) is 5.54. The van der Waals surface area contributed by atoms with Crippen LogP contribution in [-0.4, -0.2) is 39.5 Å². The van der Waals surface area contributed by atoms with E-state index in [-0.39, 0.29) is 22.8 Å². The summed E-state index contributed by atoms with van der Waals surface area (Å²) in [6, 6.07) is 3.93. The number of rotatable bonds is 5. The van der Waals surface area contributed by atoms with Gasteiger partial charge in [0.2, 0.25) is 0 Å². The van der Waals surface area contributed by atoms with Gasteiger partial charge in [-0.15, -0.1) is 0 Å². The van der Waals surface area contributed by atoms with Crippen molar-refractivity contribution >= 4 is 15.8 Å². The summed E-state index contributed by atoms with van der Waals surface area (Å²) in [5, 5.41) is 9.87. The van der Waals surface area contributed by atoms with Crippen molar-refractivity contribution in [1.82, 2.24) is 0 Å². The van der Waals surface area contributed by atoms with Crippen molar-refractivity contribution in [1.29, 1.82) is 0 Å². The monoisotopic (exact) mass is 288 g/mol. The molecule has 7 heteroatoms.